The Morgan fingerprint density at radius 1 is 0.686 bits per heavy atom. The summed E-state index contributed by atoms with van der Waals surface area (Å²) in [7, 11) is 0. The molecule has 0 spiro atoms. The highest BCUT2D eigenvalue weighted by molar-refractivity contribution is 5.99. The van der Waals surface area contributed by atoms with Crippen LogP contribution in [0.4, 0.5) is 5.69 Å². The number of hydrogen-bond acceptors (Lipinski definition) is 3. The van der Waals surface area contributed by atoms with Crippen molar-refractivity contribution < 1.29 is 19.5 Å². The third-order valence-corrected chi connectivity index (χ3v) is 6.97. The topological polar surface area (TPSA) is 83.5 Å². The third kappa shape index (κ3) is 4.10. The summed E-state index contributed by atoms with van der Waals surface area (Å²) in [5.41, 5.74) is 5.04. The van der Waals surface area contributed by atoms with Crippen LogP contribution >= 0.6 is 0 Å². The molecule has 4 atom stereocenters. The first kappa shape index (κ1) is 22.5. The van der Waals surface area contributed by atoms with Gasteiger partial charge in [0.2, 0.25) is 5.91 Å². The maximum Gasteiger partial charge on any atom is 0.308 e. The van der Waals surface area contributed by atoms with Gasteiger partial charge in [0.25, 0.3) is 0 Å². The first-order valence-electron chi connectivity index (χ1n) is 11.6. The summed E-state index contributed by atoms with van der Waals surface area (Å²) in [6, 6.07) is 26.5. The van der Waals surface area contributed by atoms with Crippen LogP contribution in [0.1, 0.15) is 28.4 Å². The molecule has 2 aliphatic carbocycles. The predicted octanol–water partition coefficient (Wildman–Crippen LogP) is 5.46. The van der Waals surface area contributed by atoms with E-state index in [-0.39, 0.29) is 23.5 Å². The lowest BCUT2D eigenvalue weighted by molar-refractivity contribution is -0.146. The van der Waals surface area contributed by atoms with Crippen LogP contribution in [0.5, 0.6) is 0 Å². The number of fused-ring (bicyclic) bond motifs is 2. The number of amides is 1. The van der Waals surface area contributed by atoms with Gasteiger partial charge >= 0.3 is 5.97 Å². The van der Waals surface area contributed by atoms with E-state index in [1.807, 2.05) is 72.8 Å². The van der Waals surface area contributed by atoms with Gasteiger partial charge in [-0.05, 0) is 53.5 Å². The summed E-state index contributed by atoms with van der Waals surface area (Å²) in [5, 5.41) is 13.1. The lowest BCUT2D eigenvalue weighted by Gasteiger charge is -2.23. The molecular weight excluding hydrogens is 438 g/mol. The second kappa shape index (κ2) is 9.18. The smallest absolute Gasteiger partial charge is 0.308 e. The zero-order chi connectivity index (χ0) is 24.5. The largest absolute Gasteiger partial charge is 0.481 e. The first-order valence-corrected chi connectivity index (χ1v) is 11.6. The normalized spacial score (nSPS) is 22.1. The molecule has 2 aliphatic rings. The molecule has 0 heterocycles. The van der Waals surface area contributed by atoms with Crippen LogP contribution in [-0.4, -0.2) is 22.8 Å². The number of carbonyl (C=O) groups excluding carboxylic acids is 2. The Morgan fingerprint density at radius 3 is 1.69 bits per heavy atom. The van der Waals surface area contributed by atoms with Gasteiger partial charge in [-0.1, -0.05) is 72.8 Å². The molecule has 35 heavy (non-hydrogen) atoms. The number of benzene rings is 3. The molecule has 0 unspecified atom stereocenters. The molecule has 0 saturated heterocycles. The Balaban J connectivity index is 1.57. The number of anilines is 1. The standard InChI is InChI=1S/C30H25NO4/c1-18(32)19-12-14-22(15-13-19)31-29(33)27-23-16-17-24(28(27)30(34)35)26(23)25(20-8-4-2-5-9-20)21-10-6-3-7-11-21/h2-17,23-24,27-28H,1H3,(H,31,33)(H,34,35)/t23-,24-,27+,28-/m0/s1. The monoisotopic (exact) mass is 463 g/mol. The zero-order valence-corrected chi connectivity index (χ0v) is 19.2. The molecular formula is C30H25NO4. The Labute approximate surface area is 203 Å². The highest BCUT2D eigenvalue weighted by Crippen LogP contribution is 2.55. The minimum absolute atomic E-state index is 0.0591. The highest BCUT2D eigenvalue weighted by Gasteiger charge is 2.55. The second-order valence-electron chi connectivity index (χ2n) is 9.01. The van der Waals surface area contributed by atoms with Gasteiger partial charge < -0.3 is 10.4 Å². The molecule has 5 rings (SSSR count). The van der Waals surface area contributed by atoms with Gasteiger partial charge in [0.15, 0.2) is 5.78 Å². The SMILES string of the molecule is CC(=O)c1ccc(NC(=O)[C@H]2[C@@H](C(=O)O)[C@H]3C=C[C@H]2C3=C(c2ccccc2)c2ccccc2)cc1. The molecule has 2 N–H and O–H groups in total. The number of rotatable bonds is 6. The molecule has 2 bridgehead atoms. The average molecular weight is 464 g/mol. The summed E-state index contributed by atoms with van der Waals surface area (Å²) in [6.45, 7) is 1.48. The number of Topliss-reactive ketones (excluding diaryl/α,β-unsaturated/α-hetero) is 1. The number of carbonyl (C=O) groups is 3. The molecule has 1 fully saturated rings. The van der Waals surface area contributed by atoms with Gasteiger partial charge in [-0.2, -0.15) is 0 Å². The number of carboxylic acid groups (broad SMARTS) is 1. The highest BCUT2D eigenvalue weighted by atomic mass is 16.4. The van der Waals surface area contributed by atoms with Gasteiger partial charge in [0, 0.05) is 23.1 Å². The van der Waals surface area contributed by atoms with E-state index in [9.17, 15) is 19.5 Å². The molecule has 0 aliphatic heterocycles. The molecule has 3 aromatic carbocycles. The molecule has 0 radical (unpaired) electrons. The van der Waals surface area contributed by atoms with Crippen molar-refractivity contribution in [2.45, 2.75) is 6.92 Å². The molecule has 5 nitrogen and oxygen atoms in total. The summed E-state index contributed by atoms with van der Waals surface area (Å²) in [4.78, 5) is 37.5. The van der Waals surface area contributed by atoms with Crippen molar-refractivity contribution in [3.05, 3.63) is 119 Å². The Hall–Kier alpha value is -4.25. The van der Waals surface area contributed by atoms with Gasteiger partial charge in [0.1, 0.15) is 0 Å². The summed E-state index contributed by atoms with van der Waals surface area (Å²) < 4.78 is 0. The lowest BCUT2D eigenvalue weighted by atomic mass is 9.82. The number of ketones is 1. The quantitative estimate of drug-likeness (QED) is 0.375. The molecule has 1 amide bonds. The van der Waals surface area contributed by atoms with Crippen molar-refractivity contribution in [1.29, 1.82) is 0 Å². The molecule has 174 valence electrons. The fraction of sp³-hybridized carbons (Fsp3) is 0.167. The Morgan fingerprint density at radius 2 is 1.20 bits per heavy atom. The molecule has 3 aromatic rings. The maximum atomic E-state index is 13.5. The van der Waals surface area contributed by atoms with Crippen molar-refractivity contribution in [1.82, 2.24) is 0 Å². The number of aliphatic carboxylic acids is 1. The summed E-state index contributed by atoms with van der Waals surface area (Å²) >= 11 is 0. The summed E-state index contributed by atoms with van der Waals surface area (Å²) in [5.74, 6) is -3.67. The minimum atomic E-state index is -0.980. The Bertz CT molecular complexity index is 1300. The van der Waals surface area contributed by atoms with Crippen molar-refractivity contribution in [2.75, 3.05) is 5.32 Å². The van der Waals surface area contributed by atoms with Crippen LogP contribution < -0.4 is 5.32 Å². The minimum Gasteiger partial charge on any atom is -0.481 e. The van der Waals surface area contributed by atoms with Gasteiger partial charge in [-0.25, -0.2) is 0 Å². The van der Waals surface area contributed by atoms with Gasteiger partial charge in [0.05, 0.1) is 11.8 Å². The Kier molecular flexibility index (Phi) is 5.91. The molecule has 0 aromatic heterocycles. The third-order valence-electron chi connectivity index (χ3n) is 6.97. The van der Waals surface area contributed by atoms with Crippen LogP contribution in [0.2, 0.25) is 0 Å². The van der Waals surface area contributed by atoms with Crippen LogP contribution in [0.25, 0.3) is 5.57 Å². The fourth-order valence-electron chi connectivity index (χ4n) is 5.43. The van der Waals surface area contributed by atoms with E-state index in [0.717, 1.165) is 22.3 Å². The van der Waals surface area contributed by atoms with Crippen LogP contribution in [0, 0.1) is 23.7 Å². The molecule has 5 heteroatoms. The van der Waals surface area contributed by atoms with E-state index in [1.165, 1.54) is 6.92 Å². The number of nitrogens with one attached hydrogen (secondary N) is 1. The first-order chi connectivity index (χ1) is 17.0. The summed E-state index contributed by atoms with van der Waals surface area (Å²) in [6.07, 6.45) is 3.92. The fourth-order valence-corrected chi connectivity index (χ4v) is 5.43. The van der Waals surface area contributed by atoms with Crippen LogP contribution in [0.3, 0.4) is 0 Å². The van der Waals surface area contributed by atoms with Gasteiger partial charge in [-0.15, -0.1) is 0 Å². The molecule has 1 saturated carbocycles. The van der Waals surface area contributed by atoms with Crippen molar-refractivity contribution >= 4 is 28.9 Å². The number of hydrogen-bond donors (Lipinski definition) is 2. The van der Waals surface area contributed by atoms with E-state index in [4.69, 9.17) is 0 Å². The maximum absolute atomic E-state index is 13.5. The zero-order valence-electron chi connectivity index (χ0n) is 19.2. The second-order valence-corrected chi connectivity index (χ2v) is 9.01. The predicted molar refractivity (Wildman–Crippen MR) is 135 cm³/mol. The lowest BCUT2D eigenvalue weighted by Crippen LogP contribution is -2.36. The average Bonchev–Trinajstić information content (AvgIpc) is 3.42. The van der Waals surface area contributed by atoms with Crippen molar-refractivity contribution in [3.8, 4) is 0 Å². The van der Waals surface area contributed by atoms with E-state index in [1.54, 1.807) is 24.3 Å². The van der Waals surface area contributed by atoms with Crippen molar-refractivity contribution in [2.24, 2.45) is 23.7 Å². The van der Waals surface area contributed by atoms with Gasteiger partial charge in [-0.3, -0.25) is 14.4 Å². The van der Waals surface area contributed by atoms with E-state index < -0.39 is 17.8 Å². The van der Waals surface area contributed by atoms with E-state index >= 15 is 0 Å². The van der Waals surface area contributed by atoms with Crippen LogP contribution in [-0.2, 0) is 9.59 Å². The number of allylic oxidation sites excluding steroid dienone is 3. The van der Waals surface area contributed by atoms with E-state index in [0.29, 0.717) is 11.3 Å². The van der Waals surface area contributed by atoms with Crippen molar-refractivity contribution in [3.63, 3.8) is 0 Å². The number of carboxylic acids is 1. The van der Waals surface area contributed by atoms with E-state index in [2.05, 4.69) is 5.32 Å². The van der Waals surface area contributed by atoms with Crippen LogP contribution in [0.15, 0.2) is 103 Å².